The van der Waals surface area contributed by atoms with Crippen LogP contribution in [0.5, 0.6) is 23.4 Å². The normalized spacial score (nSPS) is 13.4. The van der Waals surface area contributed by atoms with Gasteiger partial charge in [-0.2, -0.15) is 4.98 Å². The fraction of sp³-hybridized carbons (Fsp3) is 0.312. The number of hydrogen-bond acceptors (Lipinski definition) is 8. The van der Waals surface area contributed by atoms with E-state index in [4.69, 9.17) is 30.5 Å². The van der Waals surface area contributed by atoms with Gasteiger partial charge in [-0.15, -0.1) is 0 Å². The predicted molar refractivity (Wildman–Crippen MR) is 160 cm³/mol. The topological polar surface area (TPSA) is 86.2 Å². The number of aromatic nitrogens is 2. The van der Waals surface area contributed by atoms with Crippen LogP contribution in [0.3, 0.4) is 0 Å². The first kappa shape index (κ1) is 31.0. The van der Waals surface area contributed by atoms with Crippen LogP contribution in [0.2, 0.25) is 5.02 Å². The molecule has 0 saturated carbocycles. The van der Waals surface area contributed by atoms with E-state index in [-0.39, 0.29) is 35.4 Å². The van der Waals surface area contributed by atoms with Crippen LogP contribution in [0.1, 0.15) is 29.0 Å². The average molecular weight is 596 g/mol. The van der Waals surface area contributed by atoms with Crippen molar-refractivity contribution in [3.05, 3.63) is 94.4 Å². The Kier molecular flexibility index (Phi) is 9.88. The van der Waals surface area contributed by atoms with Crippen LogP contribution in [0.4, 0.5) is 4.39 Å². The zero-order valence-corrected chi connectivity index (χ0v) is 25.3. The monoisotopic (exact) mass is 595 g/mol. The molecular formula is C32H35ClFN3O5. The Bertz CT molecular complexity index is 1500. The Hall–Kier alpha value is -3.92. The molecule has 2 aromatic carbocycles. The minimum Gasteiger partial charge on any atom is -0.494 e. The highest BCUT2D eigenvalue weighted by Gasteiger charge is 2.44. The van der Waals surface area contributed by atoms with Crippen LogP contribution in [0, 0.1) is 5.82 Å². The lowest BCUT2D eigenvalue weighted by Crippen LogP contribution is -2.38. The van der Waals surface area contributed by atoms with Gasteiger partial charge in [0.15, 0.2) is 11.6 Å². The van der Waals surface area contributed by atoms with E-state index in [1.807, 2.05) is 37.2 Å². The van der Waals surface area contributed by atoms with Crippen molar-refractivity contribution in [2.45, 2.75) is 17.9 Å². The molecule has 1 N–H and O–H groups in total. The first-order valence-corrected chi connectivity index (χ1v) is 13.6. The van der Waals surface area contributed by atoms with Crippen molar-refractivity contribution in [1.29, 1.82) is 0 Å². The van der Waals surface area contributed by atoms with Crippen molar-refractivity contribution in [3.63, 3.8) is 0 Å². The lowest BCUT2D eigenvalue weighted by molar-refractivity contribution is 0.00229. The van der Waals surface area contributed by atoms with Crippen LogP contribution in [-0.2, 0) is 5.60 Å². The fourth-order valence-electron chi connectivity index (χ4n) is 5.03. The van der Waals surface area contributed by atoms with Gasteiger partial charge in [-0.25, -0.2) is 9.37 Å². The van der Waals surface area contributed by atoms with E-state index in [1.54, 1.807) is 42.6 Å². The number of rotatable bonds is 12. The van der Waals surface area contributed by atoms with Gasteiger partial charge in [0.2, 0.25) is 17.6 Å². The molecule has 0 aliphatic heterocycles. The molecule has 0 aliphatic rings. The highest BCUT2D eigenvalue weighted by atomic mass is 35.5. The molecule has 2 unspecified atom stereocenters. The van der Waals surface area contributed by atoms with Gasteiger partial charge < -0.3 is 29.0 Å². The van der Waals surface area contributed by atoms with Crippen LogP contribution >= 0.6 is 11.6 Å². The predicted octanol–water partition coefficient (Wildman–Crippen LogP) is 5.94. The highest BCUT2D eigenvalue weighted by molar-refractivity contribution is 6.30. The van der Waals surface area contributed by atoms with E-state index in [1.165, 1.54) is 34.5 Å². The smallest absolute Gasteiger partial charge is 0.217 e. The largest absolute Gasteiger partial charge is 0.494 e. The van der Waals surface area contributed by atoms with Crippen molar-refractivity contribution in [2.75, 3.05) is 49.1 Å². The quantitative estimate of drug-likeness (QED) is 0.215. The number of pyridine rings is 2. The van der Waals surface area contributed by atoms with Crippen LogP contribution in [0.15, 0.2) is 66.9 Å². The third-order valence-electron chi connectivity index (χ3n) is 7.20. The molecular weight excluding hydrogens is 561 g/mol. The lowest BCUT2D eigenvalue weighted by atomic mass is 9.71. The van der Waals surface area contributed by atoms with Crippen LogP contribution < -0.4 is 18.9 Å². The number of ether oxygens (including phenoxy) is 4. The Labute approximate surface area is 250 Å². The minimum absolute atomic E-state index is 0.0399. The summed E-state index contributed by atoms with van der Waals surface area (Å²) in [6.07, 6.45) is 1.86. The first-order valence-electron chi connectivity index (χ1n) is 13.2. The van der Waals surface area contributed by atoms with Crippen molar-refractivity contribution in [2.24, 2.45) is 0 Å². The van der Waals surface area contributed by atoms with Crippen LogP contribution in [-0.4, -0.2) is 69.1 Å². The van der Waals surface area contributed by atoms with Gasteiger partial charge in [-0.1, -0.05) is 35.9 Å². The van der Waals surface area contributed by atoms with E-state index in [0.29, 0.717) is 22.7 Å². The molecule has 0 aliphatic carbocycles. The molecule has 0 bridgehead atoms. The number of methoxy groups -OCH3 is 4. The Morgan fingerprint density at radius 3 is 2.12 bits per heavy atom. The molecule has 42 heavy (non-hydrogen) atoms. The van der Waals surface area contributed by atoms with Gasteiger partial charge in [-0.05, 0) is 55.9 Å². The van der Waals surface area contributed by atoms with E-state index in [0.717, 1.165) is 11.1 Å². The molecule has 0 spiro atoms. The number of aliphatic hydroxyl groups is 1. The van der Waals surface area contributed by atoms with Gasteiger partial charge in [-0.3, -0.25) is 0 Å². The number of halogens is 2. The maximum Gasteiger partial charge on any atom is 0.217 e. The summed E-state index contributed by atoms with van der Waals surface area (Å²) in [6, 6.07) is 17.3. The molecule has 0 saturated heterocycles. The summed E-state index contributed by atoms with van der Waals surface area (Å²) < 4.78 is 38.2. The Balaban J connectivity index is 2.09. The maximum absolute atomic E-state index is 16.3. The van der Waals surface area contributed by atoms with E-state index >= 15 is 4.39 Å². The number of benzene rings is 2. The molecule has 0 fully saturated rings. The Morgan fingerprint density at radius 2 is 1.55 bits per heavy atom. The highest BCUT2D eigenvalue weighted by Crippen LogP contribution is 2.49. The zero-order chi connectivity index (χ0) is 30.4. The summed E-state index contributed by atoms with van der Waals surface area (Å²) >= 11 is 6.14. The van der Waals surface area contributed by atoms with Crippen molar-refractivity contribution in [1.82, 2.24) is 14.9 Å². The first-order chi connectivity index (χ1) is 20.1. The summed E-state index contributed by atoms with van der Waals surface area (Å²) in [7, 11) is 9.65. The zero-order valence-electron chi connectivity index (χ0n) is 24.5. The Morgan fingerprint density at radius 1 is 0.881 bits per heavy atom. The molecule has 4 aromatic rings. The third-order valence-corrected chi connectivity index (χ3v) is 7.45. The van der Waals surface area contributed by atoms with Crippen molar-refractivity contribution in [3.8, 4) is 34.5 Å². The van der Waals surface area contributed by atoms with E-state index < -0.39 is 17.3 Å². The minimum atomic E-state index is -1.74. The molecule has 2 atom stereocenters. The second kappa shape index (κ2) is 13.4. The molecule has 0 amide bonds. The standard InChI is InChI=1S/C32H35ClFN3O5/c1-37(2)15-14-32(38,22-17-27(40-4)36-28(18-22)41-5)29(24-8-7-9-26(39-3)30(24)34)25-16-21(19-35-31(25)42-6)20-10-12-23(33)13-11-20/h7-13,16-19,29,38H,14-15H2,1-6H3. The third kappa shape index (κ3) is 6.43. The van der Waals surface area contributed by atoms with Gasteiger partial charge in [0.1, 0.15) is 5.60 Å². The molecule has 4 rings (SSSR count). The van der Waals surface area contributed by atoms with Gasteiger partial charge in [0, 0.05) is 46.6 Å². The summed E-state index contributed by atoms with van der Waals surface area (Å²) in [5.74, 6) is -0.899. The molecule has 8 nitrogen and oxygen atoms in total. The summed E-state index contributed by atoms with van der Waals surface area (Å²) in [5.41, 5.74) is 0.903. The van der Waals surface area contributed by atoms with Gasteiger partial charge in [0.25, 0.3) is 0 Å². The average Bonchev–Trinajstić information content (AvgIpc) is 3.01. The van der Waals surface area contributed by atoms with E-state index in [9.17, 15) is 5.11 Å². The molecule has 222 valence electrons. The van der Waals surface area contributed by atoms with Crippen LogP contribution in [0.25, 0.3) is 11.1 Å². The summed E-state index contributed by atoms with van der Waals surface area (Å²) in [6.45, 7) is 0.457. The molecule has 2 aromatic heterocycles. The van der Waals surface area contributed by atoms with Gasteiger partial charge >= 0.3 is 0 Å². The van der Waals surface area contributed by atoms with Crippen molar-refractivity contribution < 1.29 is 28.4 Å². The number of hydrogen-bond donors (Lipinski definition) is 1. The second-order valence-corrected chi connectivity index (χ2v) is 10.5. The van der Waals surface area contributed by atoms with E-state index in [2.05, 4.69) is 9.97 Å². The molecule has 2 heterocycles. The number of nitrogens with zero attached hydrogens (tertiary/aromatic N) is 3. The maximum atomic E-state index is 16.3. The lowest BCUT2D eigenvalue weighted by Gasteiger charge is -2.39. The SMILES string of the molecule is COc1cc(C(O)(CCN(C)C)C(c2cc(-c3ccc(Cl)cc3)cnc2OC)c2cccc(OC)c2F)cc(OC)n1. The summed E-state index contributed by atoms with van der Waals surface area (Å²) in [4.78, 5) is 10.9. The molecule has 10 heteroatoms. The summed E-state index contributed by atoms with van der Waals surface area (Å²) in [5, 5.41) is 13.6. The molecule has 0 radical (unpaired) electrons. The van der Waals surface area contributed by atoms with Crippen molar-refractivity contribution >= 4 is 11.6 Å². The fourth-order valence-corrected chi connectivity index (χ4v) is 5.15. The van der Waals surface area contributed by atoms with Gasteiger partial charge in [0.05, 0.1) is 34.4 Å². The second-order valence-electron chi connectivity index (χ2n) is 10.0.